The number of aryl methyl sites for hydroxylation is 1. The molecule has 0 spiro atoms. The predicted molar refractivity (Wildman–Crippen MR) is 132 cm³/mol. The number of amides is 1. The van der Waals surface area contributed by atoms with Gasteiger partial charge in [-0.05, 0) is 42.3 Å². The lowest BCUT2D eigenvalue weighted by atomic mass is 9.94. The fourth-order valence-electron chi connectivity index (χ4n) is 4.21. The van der Waals surface area contributed by atoms with Crippen molar-refractivity contribution in [2.24, 2.45) is 0 Å². The molecule has 174 valence electrons. The van der Waals surface area contributed by atoms with E-state index in [2.05, 4.69) is 9.97 Å². The minimum Gasteiger partial charge on any atom is -0.508 e. The van der Waals surface area contributed by atoms with Crippen LogP contribution in [-0.4, -0.2) is 36.8 Å². The molecule has 7 nitrogen and oxygen atoms in total. The number of aromatic hydroxyl groups is 1. The van der Waals surface area contributed by atoms with Crippen molar-refractivity contribution in [3.8, 4) is 16.3 Å². The number of aliphatic hydroxyl groups excluding tert-OH is 1. The fourth-order valence-corrected chi connectivity index (χ4v) is 5.23. The number of carbonyl (C=O) groups is 2. The summed E-state index contributed by atoms with van der Waals surface area (Å²) in [5.74, 6) is -1.70. The molecule has 0 fully saturated rings. The Morgan fingerprint density at radius 2 is 1.77 bits per heavy atom. The van der Waals surface area contributed by atoms with Gasteiger partial charge in [0.2, 0.25) is 5.78 Å². The maximum Gasteiger partial charge on any atom is 0.290 e. The van der Waals surface area contributed by atoms with Crippen LogP contribution in [0.15, 0.2) is 90.5 Å². The zero-order valence-electron chi connectivity index (χ0n) is 18.8. The molecule has 1 amide bonds. The molecule has 5 rings (SSSR count). The lowest BCUT2D eigenvalue weighted by Crippen LogP contribution is -2.30. The lowest BCUT2D eigenvalue weighted by molar-refractivity contribution is -0.130. The summed E-state index contributed by atoms with van der Waals surface area (Å²) in [7, 11) is 0. The van der Waals surface area contributed by atoms with Crippen molar-refractivity contribution in [2.45, 2.75) is 19.5 Å². The Kier molecular flexibility index (Phi) is 5.88. The van der Waals surface area contributed by atoms with E-state index in [0.29, 0.717) is 21.1 Å². The van der Waals surface area contributed by atoms with Crippen LogP contribution in [0.4, 0.5) is 0 Å². The highest BCUT2D eigenvalue weighted by Gasteiger charge is 2.44. The highest BCUT2D eigenvalue weighted by atomic mass is 32.1. The van der Waals surface area contributed by atoms with Crippen LogP contribution in [0.3, 0.4) is 0 Å². The molecule has 8 heteroatoms. The molecule has 2 aromatic carbocycles. The molecule has 4 aromatic rings. The SMILES string of the molecule is Cc1nc(-c2ccccc2)sc1C(=O)C1=C(O)C(=O)N(Cc2ccncc2)C1c1cccc(O)c1. The number of aliphatic hydroxyl groups is 1. The zero-order valence-corrected chi connectivity index (χ0v) is 19.6. The van der Waals surface area contributed by atoms with E-state index in [1.165, 1.54) is 28.4 Å². The predicted octanol–water partition coefficient (Wildman–Crippen LogP) is 5.00. The van der Waals surface area contributed by atoms with Gasteiger partial charge >= 0.3 is 0 Å². The molecule has 2 aromatic heterocycles. The Bertz CT molecular complexity index is 1450. The number of aromatic nitrogens is 2. The first-order valence-electron chi connectivity index (χ1n) is 10.9. The third-order valence-electron chi connectivity index (χ3n) is 5.86. The monoisotopic (exact) mass is 483 g/mol. The van der Waals surface area contributed by atoms with Gasteiger partial charge in [0.15, 0.2) is 5.76 Å². The molecule has 0 aliphatic carbocycles. The Hall–Kier alpha value is -4.30. The first-order valence-corrected chi connectivity index (χ1v) is 11.7. The van der Waals surface area contributed by atoms with Gasteiger partial charge in [-0.3, -0.25) is 14.6 Å². The number of hydrogen-bond donors (Lipinski definition) is 2. The van der Waals surface area contributed by atoms with Crippen molar-refractivity contribution in [3.05, 3.63) is 112 Å². The molecule has 0 saturated heterocycles. The molecular weight excluding hydrogens is 462 g/mol. The largest absolute Gasteiger partial charge is 0.508 e. The van der Waals surface area contributed by atoms with E-state index in [1.54, 1.807) is 43.6 Å². The fraction of sp³-hybridized carbons (Fsp3) is 0.111. The Labute approximate surface area is 205 Å². The van der Waals surface area contributed by atoms with Gasteiger partial charge in [-0.25, -0.2) is 4.98 Å². The maximum atomic E-state index is 13.8. The van der Waals surface area contributed by atoms with Gasteiger partial charge in [-0.2, -0.15) is 0 Å². The normalized spacial score (nSPS) is 15.6. The summed E-state index contributed by atoms with van der Waals surface area (Å²) in [5, 5.41) is 21.7. The molecule has 0 radical (unpaired) electrons. The Morgan fingerprint density at radius 3 is 2.49 bits per heavy atom. The Balaban J connectivity index is 1.59. The van der Waals surface area contributed by atoms with E-state index in [1.807, 2.05) is 30.3 Å². The molecule has 2 N–H and O–H groups in total. The van der Waals surface area contributed by atoms with Gasteiger partial charge < -0.3 is 15.1 Å². The molecular formula is C27H21N3O4S. The number of carbonyl (C=O) groups excluding carboxylic acids is 2. The van der Waals surface area contributed by atoms with E-state index in [-0.39, 0.29) is 17.9 Å². The number of benzene rings is 2. The number of rotatable bonds is 6. The highest BCUT2D eigenvalue weighted by molar-refractivity contribution is 7.17. The van der Waals surface area contributed by atoms with Gasteiger partial charge in [0.1, 0.15) is 10.8 Å². The number of pyridine rings is 1. The second-order valence-corrected chi connectivity index (χ2v) is 9.18. The first kappa shape index (κ1) is 22.5. The quantitative estimate of drug-likeness (QED) is 0.374. The molecule has 0 saturated carbocycles. The van der Waals surface area contributed by atoms with Crippen molar-refractivity contribution in [3.63, 3.8) is 0 Å². The number of phenolic OH excluding ortho intramolecular Hbond substituents is 1. The molecule has 1 aliphatic heterocycles. The summed E-state index contributed by atoms with van der Waals surface area (Å²) in [6.45, 7) is 1.89. The van der Waals surface area contributed by atoms with Crippen LogP contribution >= 0.6 is 11.3 Å². The van der Waals surface area contributed by atoms with Crippen LogP contribution < -0.4 is 0 Å². The minimum atomic E-state index is -0.878. The van der Waals surface area contributed by atoms with Gasteiger partial charge in [0, 0.05) is 24.5 Å². The van der Waals surface area contributed by atoms with E-state index < -0.39 is 23.5 Å². The molecule has 1 aliphatic rings. The second-order valence-electron chi connectivity index (χ2n) is 8.18. The molecule has 0 bridgehead atoms. The van der Waals surface area contributed by atoms with Gasteiger partial charge in [0.05, 0.1) is 22.2 Å². The lowest BCUT2D eigenvalue weighted by Gasteiger charge is -2.27. The van der Waals surface area contributed by atoms with Crippen LogP contribution in [0.25, 0.3) is 10.6 Å². The topological polar surface area (TPSA) is 104 Å². The van der Waals surface area contributed by atoms with Crippen molar-refractivity contribution < 1.29 is 19.8 Å². The third kappa shape index (κ3) is 4.20. The number of thiazole rings is 1. The summed E-state index contributed by atoms with van der Waals surface area (Å²) in [4.78, 5) is 37.4. The second kappa shape index (κ2) is 9.15. The van der Waals surface area contributed by atoms with Crippen LogP contribution in [0.5, 0.6) is 5.75 Å². The summed E-state index contributed by atoms with van der Waals surface area (Å²) >= 11 is 1.22. The van der Waals surface area contributed by atoms with Crippen LogP contribution in [-0.2, 0) is 11.3 Å². The average Bonchev–Trinajstić information content (AvgIpc) is 3.38. The Morgan fingerprint density at radius 1 is 1.03 bits per heavy atom. The van der Waals surface area contributed by atoms with Crippen molar-refractivity contribution in [1.29, 1.82) is 0 Å². The van der Waals surface area contributed by atoms with Crippen molar-refractivity contribution in [1.82, 2.24) is 14.9 Å². The maximum absolute atomic E-state index is 13.8. The summed E-state index contributed by atoms with van der Waals surface area (Å²) in [6, 6.07) is 18.5. The minimum absolute atomic E-state index is 0.00247. The summed E-state index contributed by atoms with van der Waals surface area (Å²) < 4.78 is 0. The van der Waals surface area contributed by atoms with Gasteiger partial charge in [0.25, 0.3) is 5.91 Å². The van der Waals surface area contributed by atoms with Crippen LogP contribution in [0.2, 0.25) is 0 Å². The zero-order chi connectivity index (χ0) is 24.5. The smallest absolute Gasteiger partial charge is 0.290 e. The van der Waals surface area contributed by atoms with E-state index in [9.17, 15) is 19.8 Å². The van der Waals surface area contributed by atoms with E-state index in [0.717, 1.165) is 11.1 Å². The molecule has 35 heavy (non-hydrogen) atoms. The number of nitrogens with zero attached hydrogens (tertiary/aromatic N) is 3. The van der Waals surface area contributed by atoms with E-state index >= 15 is 0 Å². The standard InChI is InChI=1S/C27H21N3O4S/c1-16-25(35-26(29-16)18-6-3-2-4-7-18)23(32)21-22(19-8-5-9-20(31)14-19)30(27(34)24(21)33)15-17-10-12-28-13-11-17/h2-14,22,31,33H,15H2,1H3. The summed E-state index contributed by atoms with van der Waals surface area (Å²) in [6.07, 6.45) is 3.23. The van der Waals surface area contributed by atoms with E-state index in [4.69, 9.17) is 0 Å². The van der Waals surface area contributed by atoms with Crippen molar-refractivity contribution in [2.75, 3.05) is 0 Å². The van der Waals surface area contributed by atoms with Crippen molar-refractivity contribution >= 4 is 23.0 Å². The number of phenols is 1. The first-order chi connectivity index (χ1) is 16.9. The molecule has 1 atom stereocenters. The number of hydrogen-bond acceptors (Lipinski definition) is 7. The average molecular weight is 484 g/mol. The van der Waals surface area contributed by atoms with Gasteiger partial charge in [-0.1, -0.05) is 42.5 Å². The van der Waals surface area contributed by atoms with Crippen LogP contribution in [0, 0.1) is 6.92 Å². The molecule has 1 unspecified atom stereocenters. The number of ketones is 1. The van der Waals surface area contributed by atoms with Crippen LogP contribution in [0.1, 0.15) is 32.5 Å². The van der Waals surface area contributed by atoms with Gasteiger partial charge in [-0.15, -0.1) is 11.3 Å². The molecule has 3 heterocycles. The third-order valence-corrected chi connectivity index (χ3v) is 7.07. The number of Topliss-reactive ketones (excluding diaryl/α,β-unsaturated/α-hetero) is 1. The highest BCUT2D eigenvalue weighted by Crippen LogP contribution is 2.42. The summed E-state index contributed by atoms with van der Waals surface area (Å²) in [5.41, 5.74) is 2.68.